The number of aromatic amines is 1. The third-order valence-corrected chi connectivity index (χ3v) is 4.27. The Bertz CT molecular complexity index is 1070. The number of aromatic nitrogens is 2. The second-order valence-electron chi connectivity index (χ2n) is 6.34. The van der Waals surface area contributed by atoms with E-state index in [1.807, 2.05) is 39.8 Å². The van der Waals surface area contributed by atoms with Crippen molar-refractivity contribution in [2.45, 2.75) is 41.0 Å². The van der Waals surface area contributed by atoms with E-state index in [9.17, 15) is 4.79 Å². The average Bonchev–Trinajstić information content (AvgIpc) is 2.88. The quantitative estimate of drug-likeness (QED) is 0.341. The van der Waals surface area contributed by atoms with Crippen LogP contribution >= 0.6 is 0 Å². The summed E-state index contributed by atoms with van der Waals surface area (Å²) in [6, 6.07) is 14.0. The van der Waals surface area contributed by atoms with E-state index < -0.39 is 5.56 Å². The first kappa shape index (κ1) is 28.2. The average molecular weight is 468 g/mol. The molecule has 0 aliphatic heterocycles. The molecule has 182 valence electrons. The molecular weight excluding hydrogens is 434 g/mol. The predicted octanol–water partition coefficient (Wildman–Crippen LogP) is 4.85. The van der Waals surface area contributed by atoms with Crippen LogP contribution in [0.1, 0.15) is 45.4 Å². The number of ether oxygens (including phenoxy) is 3. The number of rotatable bonds is 9. The standard InChI is InChI=1S/C22H21N3O5.2C2H6/c1-15-20(11-17(12-23)22(27)25-15)16-3-8-21(24-13-16)29-10-2-9-28-18-4-6-19(7-5-18)30-14-26;2*1-2/h3-8,11,13,26H,2,9-10,14H2,1H3,(H,25,27);2*1-2H3. The molecule has 8 nitrogen and oxygen atoms in total. The molecule has 2 aromatic heterocycles. The van der Waals surface area contributed by atoms with Crippen molar-refractivity contribution in [3.8, 4) is 34.6 Å². The Morgan fingerprint density at radius 2 is 1.59 bits per heavy atom. The molecule has 2 heterocycles. The van der Waals surface area contributed by atoms with Crippen LogP contribution in [-0.4, -0.2) is 35.1 Å². The second kappa shape index (κ2) is 15.9. The van der Waals surface area contributed by atoms with E-state index in [1.54, 1.807) is 49.5 Å². The zero-order chi connectivity index (χ0) is 25.3. The number of nitrogens with zero attached hydrogens (tertiary/aromatic N) is 2. The minimum absolute atomic E-state index is 0.0616. The number of hydrogen-bond donors (Lipinski definition) is 2. The van der Waals surface area contributed by atoms with Gasteiger partial charge in [-0.25, -0.2) is 4.98 Å². The summed E-state index contributed by atoms with van der Waals surface area (Å²) in [6.07, 6.45) is 2.31. The summed E-state index contributed by atoms with van der Waals surface area (Å²) < 4.78 is 16.2. The van der Waals surface area contributed by atoms with Crippen LogP contribution in [0.3, 0.4) is 0 Å². The van der Waals surface area contributed by atoms with Gasteiger partial charge in [0, 0.05) is 35.5 Å². The first-order valence-corrected chi connectivity index (χ1v) is 11.3. The van der Waals surface area contributed by atoms with Gasteiger partial charge >= 0.3 is 0 Å². The number of nitrogens with one attached hydrogen (secondary N) is 1. The highest BCUT2D eigenvalue weighted by atomic mass is 16.6. The maximum Gasteiger partial charge on any atom is 0.266 e. The van der Waals surface area contributed by atoms with Gasteiger partial charge in [0.05, 0.1) is 13.2 Å². The summed E-state index contributed by atoms with van der Waals surface area (Å²) >= 11 is 0. The molecule has 0 unspecified atom stereocenters. The van der Waals surface area contributed by atoms with Gasteiger partial charge in [0.1, 0.15) is 23.1 Å². The zero-order valence-corrected chi connectivity index (χ0v) is 20.4. The first-order valence-electron chi connectivity index (χ1n) is 11.3. The number of aryl methyl sites for hydroxylation is 1. The normalized spacial score (nSPS) is 9.44. The van der Waals surface area contributed by atoms with E-state index in [2.05, 4.69) is 9.97 Å². The number of hydrogen-bond acceptors (Lipinski definition) is 7. The number of H-pyrrole nitrogens is 1. The lowest BCUT2D eigenvalue weighted by molar-refractivity contribution is 0.0984. The van der Waals surface area contributed by atoms with Crippen LogP contribution in [0.25, 0.3) is 11.1 Å². The molecule has 34 heavy (non-hydrogen) atoms. The molecule has 8 heteroatoms. The summed E-state index contributed by atoms with van der Waals surface area (Å²) in [7, 11) is 0. The van der Waals surface area contributed by atoms with Gasteiger partial charge in [-0.15, -0.1) is 0 Å². The summed E-state index contributed by atoms with van der Waals surface area (Å²) in [5, 5.41) is 17.7. The lowest BCUT2D eigenvalue weighted by Gasteiger charge is -2.09. The Balaban J connectivity index is 0.00000137. The van der Waals surface area contributed by atoms with Crippen LogP contribution < -0.4 is 19.8 Å². The van der Waals surface area contributed by atoms with Gasteiger partial charge in [-0.1, -0.05) is 27.7 Å². The summed E-state index contributed by atoms with van der Waals surface area (Å²) in [5.41, 5.74) is 1.86. The van der Waals surface area contributed by atoms with Gasteiger partial charge < -0.3 is 24.3 Å². The Morgan fingerprint density at radius 3 is 2.15 bits per heavy atom. The van der Waals surface area contributed by atoms with Gasteiger partial charge in [-0.05, 0) is 43.3 Å². The highest BCUT2D eigenvalue weighted by Gasteiger charge is 2.08. The lowest BCUT2D eigenvalue weighted by Crippen LogP contribution is -2.12. The number of aliphatic hydroxyl groups is 1. The second-order valence-corrected chi connectivity index (χ2v) is 6.34. The molecule has 0 atom stereocenters. The highest BCUT2D eigenvalue weighted by molar-refractivity contribution is 5.66. The zero-order valence-electron chi connectivity index (χ0n) is 20.4. The number of aliphatic hydroxyl groups excluding tert-OH is 1. The third-order valence-electron chi connectivity index (χ3n) is 4.27. The number of nitriles is 1. The van der Waals surface area contributed by atoms with Crippen LogP contribution in [-0.2, 0) is 0 Å². The Labute approximate surface area is 200 Å². The van der Waals surface area contributed by atoms with Gasteiger partial charge in [0.15, 0.2) is 6.79 Å². The topological polar surface area (TPSA) is 117 Å². The number of pyridine rings is 2. The van der Waals surface area contributed by atoms with Crippen LogP contribution in [0.5, 0.6) is 17.4 Å². The molecule has 0 spiro atoms. The van der Waals surface area contributed by atoms with E-state index in [-0.39, 0.29) is 12.4 Å². The molecule has 0 aliphatic rings. The first-order chi connectivity index (χ1) is 16.6. The van der Waals surface area contributed by atoms with Crippen molar-refractivity contribution in [3.05, 3.63) is 70.3 Å². The van der Waals surface area contributed by atoms with Crippen LogP contribution in [0, 0.1) is 18.3 Å². The fourth-order valence-corrected chi connectivity index (χ4v) is 2.76. The predicted molar refractivity (Wildman–Crippen MR) is 132 cm³/mol. The molecule has 0 fully saturated rings. The van der Waals surface area contributed by atoms with E-state index in [1.165, 1.54) is 0 Å². The smallest absolute Gasteiger partial charge is 0.266 e. The monoisotopic (exact) mass is 467 g/mol. The van der Waals surface area contributed by atoms with Crippen molar-refractivity contribution in [3.63, 3.8) is 0 Å². The lowest BCUT2D eigenvalue weighted by atomic mass is 10.0. The summed E-state index contributed by atoms with van der Waals surface area (Å²) in [4.78, 5) is 18.6. The van der Waals surface area contributed by atoms with Crippen molar-refractivity contribution in [2.75, 3.05) is 20.0 Å². The van der Waals surface area contributed by atoms with Crippen molar-refractivity contribution in [1.29, 1.82) is 5.26 Å². The molecule has 0 aliphatic carbocycles. The van der Waals surface area contributed by atoms with Crippen LogP contribution in [0.2, 0.25) is 0 Å². The minimum atomic E-state index is -0.400. The maximum absolute atomic E-state index is 11.7. The van der Waals surface area contributed by atoms with E-state index in [0.29, 0.717) is 42.7 Å². The van der Waals surface area contributed by atoms with Crippen molar-refractivity contribution >= 4 is 0 Å². The molecule has 3 aromatic rings. The Hall–Kier alpha value is -3.83. The summed E-state index contributed by atoms with van der Waals surface area (Å²) in [6.45, 7) is 10.3. The minimum Gasteiger partial charge on any atom is -0.493 e. The van der Waals surface area contributed by atoms with Gasteiger partial charge in [-0.2, -0.15) is 5.26 Å². The Kier molecular flexibility index (Phi) is 13.2. The van der Waals surface area contributed by atoms with Gasteiger partial charge in [0.25, 0.3) is 5.56 Å². The van der Waals surface area contributed by atoms with Crippen molar-refractivity contribution in [1.82, 2.24) is 9.97 Å². The van der Waals surface area contributed by atoms with Crippen LogP contribution in [0.15, 0.2) is 53.5 Å². The molecule has 3 rings (SSSR count). The molecule has 0 saturated heterocycles. The van der Waals surface area contributed by atoms with Crippen LogP contribution in [0.4, 0.5) is 0 Å². The maximum atomic E-state index is 11.7. The molecule has 0 saturated carbocycles. The van der Waals surface area contributed by atoms with Crippen molar-refractivity contribution in [2.24, 2.45) is 0 Å². The fraction of sp³-hybridized carbons (Fsp3) is 0.346. The van der Waals surface area contributed by atoms with E-state index >= 15 is 0 Å². The van der Waals surface area contributed by atoms with Gasteiger partial charge in [-0.3, -0.25) is 4.79 Å². The van der Waals surface area contributed by atoms with E-state index in [4.69, 9.17) is 24.6 Å². The SMILES string of the molecule is CC.CC.Cc1[nH]c(=O)c(C#N)cc1-c1ccc(OCCCOc2ccc(OCO)cc2)nc1. The molecular formula is C26H33N3O5. The van der Waals surface area contributed by atoms with Crippen molar-refractivity contribution < 1.29 is 19.3 Å². The third kappa shape index (κ3) is 8.60. The summed E-state index contributed by atoms with van der Waals surface area (Å²) in [5.74, 6) is 1.76. The molecule has 1 aromatic carbocycles. The van der Waals surface area contributed by atoms with E-state index in [0.717, 1.165) is 11.1 Å². The highest BCUT2D eigenvalue weighted by Crippen LogP contribution is 2.23. The molecule has 0 amide bonds. The number of benzene rings is 1. The molecule has 0 radical (unpaired) electrons. The fourth-order valence-electron chi connectivity index (χ4n) is 2.76. The van der Waals surface area contributed by atoms with Gasteiger partial charge in [0.2, 0.25) is 5.88 Å². The largest absolute Gasteiger partial charge is 0.493 e. The molecule has 2 N–H and O–H groups in total. The molecule has 0 bridgehead atoms. The Morgan fingerprint density at radius 1 is 0.971 bits per heavy atom.